The Morgan fingerprint density at radius 1 is 1.15 bits per heavy atom. The maximum absolute atomic E-state index is 12.8. The first-order valence-corrected chi connectivity index (χ1v) is 9.92. The number of hydrogen-bond donors (Lipinski definition) is 1. The number of carbonyl (C=O) groups excluding carboxylic acids is 1. The number of nitrogens with one attached hydrogen (secondary N) is 1. The van der Waals surface area contributed by atoms with Crippen molar-refractivity contribution in [2.75, 3.05) is 39.3 Å². The highest BCUT2D eigenvalue weighted by molar-refractivity contribution is 5.76. The molecule has 0 spiro atoms. The third-order valence-corrected chi connectivity index (χ3v) is 5.59. The first kappa shape index (κ1) is 18.1. The van der Waals surface area contributed by atoms with Crippen LogP contribution in [0.3, 0.4) is 0 Å². The molecule has 7 heteroatoms. The van der Waals surface area contributed by atoms with Gasteiger partial charge < -0.3 is 10.2 Å². The Morgan fingerprint density at radius 3 is 2.78 bits per heavy atom. The van der Waals surface area contributed by atoms with E-state index in [-0.39, 0.29) is 5.91 Å². The third kappa shape index (κ3) is 4.54. The molecule has 2 aromatic heterocycles. The largest absolute Gasteiger partial charge is 0.339 e. The molecule has 2 saturated heterocycles. The van der Waals surface area contributed by atoms with Crippen molar-refractivity contribution in [1.29, 1.82) is 0 Å². The standard InChI is InChI=1S/C20H28N6O/c27-20(16-26-19(6-9-23-26)17-4-3-7-21-14-17)25-12-10-24(11-13-25)15-18-5-1-2-8-22-18/h1-2,5-6,8-9,17,21H,3-4,7,10-16H2. The number of amides is 1. The lowest BCUT2D eigenvalue weighted by atomic mass is 9.96. The van der Waals surface area contributed by atoms with Crippen LogP contribution < -0.4 is 5.32 Å². The van der Waals surface area contributed by atoms with Crippen LogP contribution in [0.2, 0.25) is 0 Å². The van der Waals surface area contributed by atoms with Crippen LogP contribution >= 0.6 is 0 Å². The van der Waals surface area contributed by atoms with Crippen LogP contribution in [0.5, 0.6) is 0 Å². The number of pyridine rings is 1. The molecule has 1 atom stereocenters. The zero-order valence-electron chi connectivity index (χ0n) is 15.8. The van der Waals surface area contributed by atoms with Crippen molar-refractivity contribution in [2.45, 2.75) is 31.8 Å². The van der Waals surface area contributed by atoms with Gasteiger partial charge in [-0.2, -0.15) is 5.10 Å². The lowest BCUT2D eigenvalue weighted by molar-refractivity contribution is -0.133. The topological polar surface area (TPSA) is 66.3 Å². The molecule has 2 fully saturated rings. The van der Waals surface area contributed by atoms with Crippen LogP contribution in [-0.4, -0.2) is 69.7 Å². The fraction of sp³-hybridized carbons (Fsp3) is 0.550. The quantitative estimate of drug-likeness (QED) is 0.856. The molecule has 0 aromatic carbocycles. The minimum absolute atomic E-state index is 0.168. The van der Waals surface area contributed by atoms with E-state index in [1.54, 1.807) is 0 Å². The van der Waals surface area contributed by atoms with Crippen LogP contribution in [0, 0.1) is 0 Å². The van der Waals surface area contributed by atoms with E-state index in [9.17, 15) is 4.79 Å². The second-order valence-corrected chi connectivity index (χ2v) is 7.44. The average molecular weight is 368 g/mol. The average Bonchev–Trinajstić information content (AvgIpc) is 3.18. The fourth-order valence-corrected chi connectivity index (χ4v) is 4.03. The van der Waals surface area contributed by atoms with E-state index in [1.807, 2.05) is 34.1 Å². The van der Waals surface area contributed by atoms with Gasteiger partial charge in [0, 0.05) is 63.3 Å². The maximum atomic E-state index is 12.8. The molecule has 1 N–H and O–H groups in total. The number of hydrogen-bond acceptors (Lipinski definition) is 5. The summed E-state index contributed by atoms with van der Waals surface area (Å²) in [7, 11) is 0. The third-order valence-electron chi connectivity index (χ3n) is 5.59. The summed E-state index contributed by atoms with van der Waals surface area (Å²) in [6.07, 6.45) is 6.00. The van der Waals surface area contributed by atoms with Gasteiger partial charge in [-0.05, 0) is 37.6 Å². The fourth-order valence-electron chi connectivity index (χ4n) is 4.03. The van der Waals surface area contributed by atoms with Gasteiger partial charge in [-0.15, -0.1) is 0 Å². The number of piperazine rings is 1. The van der Waals surface area contributed by atoms with Crippen molar-refractivity contribution < 1.29 is 4.79 Å². The first-order valence-electron chi connectivity index (χ1n) is 9.92. The van der Waals surface area contributed by atoms with Gasteiger partial charge in [-0.3, -0.25) is 19.4 Å². The predicted octanol–water partition coefficient (Wildman–Crippen LogP) is 1.09. The Bertz CT molecular complexity index is 732. The van der Waals surface area contributed by atoms with E-state index in [4.69, 9.17) is 0 Å². The summed E-state index contributed by atoms with van der Waals surface area (Å²) >= 11 is 0. The zero-order chi connectivity index (χ0) is 18.5. The van der Waals surface area contributed by atoms with Crippen molar-refractivity contribution in [3.63, 3.8) is 0 Å². The molecule has 2 aliphatic rings. The molecular formula is C20H28N6O. The summed E-state index contributed by atoms with van der Waals surface area (Å²) in [5.74, 6) is 0.630. The lowest BCUT2D eigenvalue weighted by Gasteiger charge is -2.34. The van der Waals surface area contributed by atoms with Crippen molar-refractivity contribution in [1.82, 2.24) is 29.9 Å². The number of nitrogens with zero attached hydrogens (tertiary/aromatic N) is 5. The van der Waals surface area contributed by atoms with E-state index < -0.39 is 0 Å². The van der Waals surface area contributed by atoms with Gasteiger partial charge in [-0.25, -0.2) is 0 Å². The molecule has 4 rings (SSSR count). The molecular weight excluding hydrogens is 340 g/mol. The van der Waals surface area contributed by atoms with Crippen molar-refractivity contribution >= 4 is 5.91 Å². The monoisotopic (exact) mass is 368 g/mol. The molecule has 0 aliphatic carbocycles. The minimum atomic E-state index is 0.168. The van der Waals surface area contributed by atoms with Crippen LogP contribution in [0.1, 0.15) is 30.1 Å². The van der Waals surface area contributed by atoms with Gasteiger partial charge >= 0.3 is 0 Å². The van der Waals surface area contributed by atoms with Gasteiger partial charge in [0.25, 0.3) is 0 Å². The lowest BCUT2D eigenvalue weighted by Crippen LogP contribution is -2.49. The maximum Gasteiger partial charge on any atom is 0.244 e. The normalized spacial score (nSPS) is 21.3. The summed E-state index contributed by atoms with van der Waals surface area (Å²) in [5.41, 5.74) is 2.27. The minimum Gasteiger partial charge on any atom is -0.339 e. The van der Waals surface area contributed by atoms with Crippen LogP contribution in [0.25, 0.3) is 0 Å². The Hall–Kier alpha value is -2.25. The smallest absolute Gasteiger partial charge is 0.244 e. The number of rotatable bonds is 5. The first-order chi connectivity index (χ1) is 13.3. The number of piperidine rings is 1. The van der Waals surface area contributed by atoms with Crippen molar-refractivity contribution in [3.05, 3.63) is 48.0 Å². The highest BCUT2D eigenvalue weighted by Crippen LogP contribution is 2.23. The highest BCUT2D eigenvalue weighted by Gasteiger charge is 2.24. The zero-order valence-corrected chi connectivity index (χ0v) is 15.8. The van der Waals surface area contributed by atoms with E-state index in [2.05, 4.69) is 32.4 Å². The van der Waals surface area contributed by atoms with Crippen LogP contribution in [-0.2, 0) is 17.9 Å². The Morgan fingerprint density at radius 2 is 2.04 bits per heavy atom. The molecule has 0 radical (unpaired) electrons. The van der Waals surface area contributed by atoms with E-state index in [1.165, 1.54) is 18.5 Å². The van der Waals surface area contributed by atoms with E-state index in [0.29, 0.717) is 12.5 Å². The van der Waals surface area contributed by atoms with Crippen LogP contribution in [0.15, 0.2) is 36.7 Å². The van der Waals surface area contributed by atoms with Gasteiger partial charge in [0.2, 0.25) is 5.91 Å². The Balaban J connectivity index is 1.29. The van der Waals surface area contributed by atoms with Crippen molar-refractivity contribution in [3.8, 4) is 0 Å². The summed E-state index contributed by atoms with van der Waals surface area (Å²) in [4.78, 5) is 21.5. The summed E-state index contributed by atoms with van der Waals surface area (Å²) in [5, 5.41) is 7.86. The molecule has 0 bridgehead atoms. The second kappa shape index (κ2) is 8.63. The Labute approximate surface area is 160 Å². The molecule has 2 aromatic rings. The van der Waals surface area contributed by atoms with Crippen molar-refractivity contribution in [2.24, 2.45) is 0 Å². The van der Waals surface area contributed by atoms with E-state index in [0.717, 1.165) is 51.5 Å². The molecule has 1 amide bonds. The van der Waals surface area contributed by atoms with E-state index >= 15 is 0 Å². The Kier molecular flexibility index (Phi) is 5.79. The van der Waals surface area contributed by atoms with Gasteiger partial charge in [0.15, 0.2) is 0 Å². The second-order valence-electron chi connectivity index (χ2n) is 7.44. The molecule has 2 aliphatic heterocycles. The molecule has 1 unspecified atom stereocenters. The van der Waals surface area contributed by atoms with Gasteiger partial charge in [-0.1, -0.05) is 6.07 Å². The summed E-state index contributed by atoms with van der Waals surface area (Å²) in [6.45, 7) is 6.58. The van der Waals surface area contributed by atoms with Gasteiger partial charge in [0.05, 0.1) is 5.69 Å². The number of aromatic nitrogens is 3. The molecule has 27 heavy (non-hydrogen) atoms. The summed E-state index contributed by atoms with van der Waals surface area (Å²) < 4.78 is 1.90. The predicted molar refractivity (Wildman–Crippen MR) is 103 cm³/mol. The molecule has 144 valence electrons. The molecule has 4 heterocycles. The van der Waals surface area contributed by atoms with Gasteiger partial charge in [0.1, 0.15) is 6.54 Å². The molecule has 0 saturated carbocycles. The SMILES string of the molecule is O=C(Cn1nccc1C1CCCNC1)N1CCN(Cc2ccccn2)CC1. The van der Waals surface area contributed by atoms with Crippen LogP contribution in [0.4, 0.5) is 0 Å². The highest BCUT2D eigenvalue weighted by atomic mass is 16.2. The molecule has 7 nitrogen and oxygen atoms in total. The number of carbonyl (C=O) groups is 1. The summed E-state index contributed by atoms with van der Waals surface area (Å²) in [6, 6.07) is 8.07.